The third-order valence-electron chi connectivity index (χ3n) is 4.69. The summed E-state index contributed by atoms with van der Waals surface area (Å²) in [4.78, 5) is 16.7. The van der Waals surface area contributed by atoms with Gasteiger partial charge in [0, 0.05) is 5.02 Å². The number of halogens is 4. The Morgan fingerprint density at radius 2 is 1.85 bits per heavy atom. The zero-order valence-electron chi connectivity index (χ0n) is 17.8. The Kier molecular flexibility index (Phi) is 7.41. The van der Waals surface area contributed by atoms with E-state index in [9.17, 15) is 9.18 Å². The van der Waals surface area contributed by atoms with Gasteiger partial charge in [0.15, 0.2) is 17.2 Å². The van der Waals surface area contributed by atoms with Gasteiger partial charge >= 0.3 is 5.97 Å². The van der Waals surface area contributed by atoms with Crippen LogP contribution in [-0.2, 0) is 16.1 Å². The summed E-state index contributed by atoms with van der Waals surface area (Å²) in [7, 11) is 0. The number of hydrogen-bond acceptors (Lipinski definition) is 5. The summed E-state index contributed by atoms with van der Waals surface area (Å²) in [5.41, 5.74) is 1.69. The zero-order chi connectivity index (χ0) is 24.2. The molecule has 3 aromatic carbocycles. The summed E-state index contributed by atoms with van der Waals surface area (Å²) in [6.45, 7) is 2.27. The molecule has 174 valence electrons. The van der Waals surface area contributed by atoms with Crippen LogP contribution in [-0.4, -0.2) is 18.5 Å². The van der Waals surface area contributed by atoms with Crippen molar-refractivity contribution in [1.82, 2.24) is 0 Å². The first kappa shape index (κ1) is 24.1. The highest BCUT2D eigenvalue weighted by molar-refractivity contribution is 6.37. The molecule has 0 aromatic heterocycles. The smallest absolute Gasteiger partial charge is 0.363 e. The van der Waals surface area contributed by atoms with E-state index in [1.54, 1.807) is 36.4 Å². The zero-order valence-corrected chi connectivity index (χ0v) is 20.0. The van der Waals surface area contributed by atoms with Gasteiger partial charge in [0.25, 0.3) is 0 Å². The van der Waals surface area contributed by atoms with Crippen molar-refractivity contribution in [2.24, 2.45) is 4.99 Å². The molecule has 0 aliphatic carbocycles. The molecule has 4 rings (SSSR count). The molecular formula is C25H17Cl3FNO4. The van der Waals surface area contributed by atoms with E-state index in [1.165, 1.54) is 24.3 Å². The molecule has 1 aliphatic rings. The van der Waals surface area contributed by atoms with Gasteiger partial charge in [0.05, 0.1) is 22.2 Å². The van der Waals surface area contributed by atoms with Gasteiger partial charge < -0.3 is 14.2 Å². The van der Waals surface area contributed by atoms with Gasteiger partial charge in [0.1, 0.15) is 12.4 Å². The summed E-state index contributed by atoms with van der Waals surface area (Å²) in [5, 5.41) is 1.01. The van der Waals surface area contributed by atoms with E-state index in [4.69, 9.17) is 49.0 Å². The Morgan fingerprint density at radius 1 is 1.03 bits per heavy atom. The lowest BCUT2D eigenvalue weighted by molar-refractivity contribution is -0.129. The number of cyclic esters (lactones) is 1. The number of benzene rings is 3. The standard InChI is InChI=1S/C25H17Cl3FNO4/c1-2-32-22-11-15(9-20(28)23(22)33-13-14-4-3-5-17(29)8-14)10-21-25(31)34-24(30-21)18-7-6-16(26)12-19(18)27/h3-12H,2,13H2,1H3/b21-10-. The fraction of sp³-hybridized carbons (Fsp3) is 0.120. The van der Waals surface area contributed by atoms with Crippen molar-refractivity contribution in [3.63, 3.8) is 0 Å². The normalized spacial score (nSPS) is 14.2. The fourth-order valence-electron chi connectivity index (χ4n) is 3.20. The van der Waals surface area contributed by atoms with Crippen molar-refractivity contribution in [2.45, 2.75) is 13.5 Å². The van der Waals surface area contributed by atoms with E-state index in [1.807, 2.05) is 6.92 Å². The van der Waals surface area contributed by atoms with Crippen molar-refractivity contribution in [1.29, 1.82) is 0 Å². The van der Waals surface area contributed by atoms with Gasteiger partial charge in [-0.25, -0.2) is 14.2 Å². The predicted octanol–water partition coefficient (Wildman–Crippen LogP) is 7.11. The maximum Gasteiger partial charge on any atom is 0.363 e. The van der Waals surface area contributed by atoms with Crippen LogP contribution >= 0.6 is 34.8 Å². The monoisotopic (exact) mass is 519 g/mol. The average molecular weight is 521 g/mol. The third-order valence-corrected chi connectivity index (χ3v) is 5.52. The maximum atomic E-state index is 13.5. The third kappa shape index (κ3) is 5.53. The molecule has 0 unspecified atom stereocenters. The minimum absolute atomic E-state index is 0.0629. The van der Waals surface area contributed by atoms with Crippen LogP contribution in [0.3, 0.4) is 0 Å². The topological polar surface area (TPSA) is 57.1 Å². The Hall–Kier alpha value is -3.06. The number of aliphatic imine (C=N–C) groups is 1. The number of hydrogen-bond donors (Lipinski definition) is 0. The van der Waals surface area contributed by atoms with Crippen LogP contribution in [0.1, 0.15) is 23.6 Å². The van der Waals surface area contributed by atoms with Crippen LogP contribution in [0.15, 0.2) is 65.3 Å². The first-order valence-corrected chi connectivity index (χ1v) is 11.3. The van der Waals surface area contributed by atoms with Gasteiger partial charge in [-0.15, -0.1) is 0 Å². The second kappa shape index (κ2) is 10.5. The number of carbonyl (C=O) groups excluding carboxylic acids is 1. The molecule has 0 atom stereocenters. The Bertz CT molecular complexity index is 1320. The first-order valence-electron chi connectivity index (χ1n) is 10.2. The van der Waals surface area contributed by atoms with Crippen LogP contribution in [0.25, 0.3) is 6.08 Å². The largest absolute Gasteiger partial charge is 0.490 e. The molecule has 1 heterocycles. The molecule has 0 amide bonds. The van der Waals surface area contributed by atoms with Crippen molar-refractivity contribution in [3.8, 4) is 11.5 Å². The highest BCUT2D eigenvalue weighted by Gasteiger charge is 2.26. The number of nitrogens with zero attached hydrogens (tertiary/aromatic N) is 1. The van der Waals surface area contributed by atoms with Crippen LogP contribution < -0.4 is 9.47 Å². The lowest BCUT2D eigenvalue weighted by Crippen LogP contribution is -2.06. The molecule has 5 nitrogen and oxygen atoms in total. The fourth-order valence-corrected chi connectivity index (χ4v) is 3.96. The van der Waals surface area contributed by atoms with E-state index >= 15 is 0 Å². The molecule has 0 saturated heterocycles. The maximum absolute atomic E-state index is 13.5. The van der Waals surface area contributed by atoms with E-state index < -0.39 is 5.97 Å². The van der Waals surface area contributed by atoms with E-state index in [0.717, 1.165) is 0 Å². The molecule has 1 aliphatic heterocycles. The Morgan fingerprint density at radius 3 is 2.59 bits per heavy atom. The molecular weight excluding hydrogens is 504 g/mol. The SMILES string of the molecule is CCOc1cc(/C=C2\N=C(c3ccc(Cl)cc3Cl)OC2=O)cc(Cl)c1OCc1cccc(F)c1. The molecule has 34 heavy (non-hydrogen) atoms. The number of rotatable bonds is 7. The summed E-state index contributed by atoms with van der Waals surface area (Å²) < 4.78 is 30.2. The summed E-state index contributed by atoms with van der Waals surface area (Å²) in [6, 6.07) is 14.1. The van der Waals surface area contributed by atoms with Gasteiger partial charge in [-0.05, 0) is 66.6 Å². The molecule has 0 saturated carbocycles. The molecule has 0 bridgehead atoms. The summed E-state index contributed by atoms with van der Waals surface area (Å²) >= 11 is 18.6. The minimum Gasteiger partial charge on any atom is -0.490 e. The van der Waals surface area contributed by atoms with E-state index in [0.29, 0.717) is 44.8 Å². The molecule has 0 spiro atoms. The van der Waals surface area contributed by atoms with Crippen molar-refractivity contribution in [3.05, 3.63) is 97.9 Å². The second-order valence-corrected chi connectivity index (χ2v) is 8.39. The first-order chi connectivity index (χ1) is 16.3. The highest BCUT2D eigenvalue weighted by Crippen LogP contribution is 2.38. The molecule has 3 aromatic rings. The summed E-state index contributed by atoms with van der Waals surface area (Å²) in [6.07, 6.45) is 1.52. The van der Waals surface area contributed by atoms with Crippen molar-refractivity contribution >= 4 is 52.7 Å². The minimum atomic E-state index is -0.637. The lowest BCUT2D eigenvalue weighted by atomic mass is 10.1. The number of carbonyl (C=O) groups is 1. The number of esters is 1. The Balaban J connectivity index is 1.62. The van der Waals surface area contributed by atoms with Gasteiger partial charge in [-0.2, -0.15) is 0 Å². The molecule has 9 heteroatoms. The van der Waals surface area contributed by atoms with E-state index in [-0.39, 0.29) is 29.0 Å². The second-order valence-electron chi connectivity index (χ2n) is 7.14. The number of ether oxygens (including phenoxy) is 3. The van der Waals surface area contributed by atoms with Gasteiger partial charge in [-0.1, -0.05) is 46.9 Å². The predicted molar refractivity (Wildman–Crippen MR) is 130 cm³/mol. The summed E-state index contributed by atoms with van der Waals surface area (Å²) in [5.74, 6) is -0.247. The van der Waals surface area contributed by atoms with Gasteiger partial charge in [-0.3, -0.25) is 0 Å². The Labute approximate surface area is 210 Å². The van der Waals surface area contributed by atoms with Crippen molar-refractivity contribution < 1.29 is 23.4 Å². The molecule has 0 fully saturated rings. The molecule has 0 N–H and O–H groups in total. The lowest BCUT2D eigenvalue weighted by Gasteiger charge is -2.14. The average Bonchev–Trinajstić information content (AvgIpc) is 3.13. The highest BCUT2D eigenvalue weighted by atomic mass is 35.5. The van der Waals surface area contributed by atoms with Crippen LogP contribution in [0, 0.1) is 5.82 Å². The van der Waals surface area contributed by atoms with Crippen LogP contribution in [0.5, 0.6) is 11.5 Å². The van der Waals surface area contributed by atoms with Gasteiger partial charge in [0.2, 0.25) is 5.90 Å². The van der Waals surface area contributed by atoms with E-state index in [2.05, 4.69) is 4.99 Å². The quantitative estimate of drug-likeness (QED) is 0.246. The van der Waals surface area contributed by atoms with Crippen LogP contribution in [0.2, 0.25) is 15.1 Å². The van der Waals surface area contributed by atoms with Crippen molar-refractivity contribution in [2.75, 3.05) is 6.61 Å². The molecule has 0 radical (unpaired) electrons. The van der Waals surface area contributed by atoms with Crippen LogP contribution in [0.4, 0.5) is 4.39 Å².